The smallest absolute Gasteiger partial charge is 0.323 e. The third-order valence-corrected chi connectivity index (χ3v) is 8.36. The predicted octanol–water partition coefficient (Wildman–Crippen LogP) is 2.73. The third-order valence-electron chi connectivity index (χ3n) is 6.80. The molecular weight excluding hydrogens is 656 g/mol. The average molecular weight is 675 g/mol. The van der Waals surface area contributed by atoms with Gasteiger partial charge in [-0.2, -0.15) is 19.3 Å². The zero-order chi connectivity index (χ0) is 32.7. The minimum Gasteiger partial charge on any atom is -0.744 e. The lowest BCUT2D eigenvalue weighted by Gasteiger charge is -2.16. The maximum Gasteiger partial charge on any atom is 0.323 e. The van der Waals surface area contributed by atoms with Crippen LogP contribution >= 0.6 is 12.0 Å². The highest BCUT2D eigenvalue weighted by atomic mass is 32.2. The van der Waals surface area contributed by atoms with Crippen LogP contribution in [0.25, 0.3) is 32.8 Å². The summed E-state index contributed by atoms with van der Waals surface area (Å²) in [5.74, 6) is 0.177. The number of aromatic amines is 4. The van der Waals surface area contributed by atoms with E-state index in [-0.39, 0.29) is 34.1 Å². The molecule has 0 aliphatic heterocycles. The number of aromatic nitrogens is 7. The van der Waals surface area contributed by atoms with Crippen molar-refractivity contribution < 1.29 is 27.6 Å². The highest BCUT2D eigenvalue weighted by molar-refractivity contribution is 7.95. The second kappa shape index (κ2) is 11.9. The molecule has 4 aromatic carbocycles. The first-order valence-corrected chi connectivity index (χ1v) is 15.4. The van der Waals surface area contributed by atoms with Gasteiger partial charge in [0.1, 0.15) is 10.1 Å². The molecule has 7 rings (SSSR count). The van der Waals surface area contributed by atoms with E-state index in [1.807, 2.05) is 0 Å². The third kappa shape index (κ3) is 6.35. The molecule has 0 bridgehead atoms. The number of anilines is 6. The van der Waals surface area contributed by atoms with Gasteiger partial charge in [-0.15, -0.1) is 0 Å². The molecule has 238 valence electrons. The molecule has 18 nitrogen and oxygen atoms in total. The van der Waals surface area contributed by atoms with E-state index in [1.165, 1.54) is 18.2 Å². The standard InChI is InChI=1S/C27H20N10O8S2/c38-26-31-17-7-2-13(10-20(17)33-26)28-23-35-24(29-14-3-8-18-21(11-14)34-27(39)32-18)37-25(36-23)30-19-6-1-12-9-15(47(41,42)43)4-5-16(12)22(19)46-45-44-40/h1-11,40H,(H2,31,33,38)(H2,32,34,39)(H,41,42,43)(H3,28,29,30,35,36,37)/p-2. The summed E-state index contributed by atoms with van der Waals surface area (Å²) < 4.78 is 39.3. The molecule has 0 aliphatic rings. The minimum atomic E-state index is -4.72. The van der Waals surface area contributed by atoms with E-state index in [2.05, 4.69) is 60.2 Å². The summed E-state index contributed by atoms with van der Waals surface area (Å²) in [5.41, 5.74) is 2.96. The molecule has 0 saturated carbocycles. The predicted molar refractivity (Wildman–Crippen MR) is 167 cm³/mol. The number of hydrogen-bond acceptors (Lipinski definition) is 15. The maximum absolute atomic E-state index is 11.7. The van der Waals surface area contributed by atoms with Gasteiger partial charge >= 0.3 is 11.4 Å². The summed E-state index contributed by atoms with van der Waals surface area (Å²) in [6, 6.07) is 17.0. The van der Waals surface area contributed by atoms with Crippen LogP contribution < -0.4 is 32.6 Å². The van der Waals surface area contributed by atoms with Crippen LogP contribution in [0.4, 0.5) is 34.9 Å². The number of rotatable bonds is 10. The summed E-state index contributed by atoms with van der Waals surface area (Å²) in [4.78, 5) is 47.4. The molecule has 3 aromatic heterocycles. The number of hydrogen-bond donors (Lipinski definition) is 7. The maximum atomic E-state index is 11.7. The number of fused-ring (bicyclic) bond motifs is 3. The van der Waals surface area contributed by atoms with E-state index in [9.17, 15) is 27.8 Å². The highest BCUT2D eigenvalue weighted by Crippen LogP contribution is 2.37. The topological polar surface area (TPSA) is 271 Å². The Morgan fingerprint density at radius 3 is 1.79 bits per heavy atom. The van der Waals surface area contributed by atoms with E-state index in [0.717, 1.165) is 6.07 Å². The molecule has 47 heavy (non-hydrogen) atoms. The van der Waals surface area contributed by atoms with Crippen LogP contribution in [0.15, 0.2) is 86.1 Å². The summed E-state index contributed by atoms with van der Waals surface area (Å²) in [6.45, 7) is 0. The van der Waals surface area contributed by atoms with Crippen molar-refractivity contribution in [3.63, 3.8) is 0 Å². The molecule has 0 aliphatic carbocycles. The Labute approximate surface area is 265 Å². The van der Waals surface area contributed by atoms with Crippen molar-refractivity contribution in [2.24, 2.45) is 0 Å². The number of imidazole rings is 2. The molecular formula is C27H18N10O8S2-2. The lowest BCUT2D eigenvalue weighted by atomic mass is 10.1. The van der Waals surface area contributed by atoms with Crippen LogP contribution in [-0.2, 0) is 19.5 Å². The summed E-state index contributed by atoms with van der Waals surface area (Å²) in [6.07, 6.45) is 0. The molecule has 0 fully saturated rings. The molecule has 20 heteroatoms. The Morgan fingerprint density at radius 2 is 1.23 bits per heavy atom. The number of nitrogens with zero attached hydrogens (tertiary/aromatic N) is 3. The van der Waals surface area contributed by atoms with E-state index in [4.69, 9.17) is 0 Å². The first kappa shape index (κ1) is 29.9. The van der Waals surface area contributed by atoms with E-state index in [0.29, 0.717) is 61.9 Å². The first-order chi connectivity index (χ1) is 22.6. The second-order valence-corrected chi connectivity index (χ2v) is 11.9. The largest absolute Gasteiger partial charge is 0.744 e. The molecule has 0 unspecified atom stereocenters. The van der Waals surface area contributed by atoms with E-state index in [1.54, 1.807) is 42.5 Å². The van der Waals surface area contributed by atoms with Gasteiger partial charge in [0.25, 0.3) is 0 Å². The van der Waals surface area contributed by atoms with Crippen molar-refractivity contribution in [1.82, 2.24) is 34.9 Å². The van der Waals surface area contributed by atoms with Gasteiger partial charge in [0.05, 0.1) is 49.6 Å². The fraction of sp³-hybridized carbons (Fsp3) is 0. The molecule has 0 radical (unpaired) electrons. The first-order valence-electron chi connectivity index (χ1n) is 13.3. The molecule has 3 heterocycles. The van der Waals surface area contributed by atoms with Crippen LogP contribution in [-0.4, -0.2) is 47.9 Å². The summed E-state index contributed by atoms with van der Waals surface area (Å²) in [7, 11) is -4.72. The van der Waals surface area contributed by atoms with Gasteiger partial charge in [0.2, 0.25) is 17.8 Å². The van der Waals surface area contributed by atoms with Gasteiger partial charge in [-0.1, -0.05) is 12.1 Å². The Kier molecular flexibility index (Phi) is 7.55. The van der Waals surface area contributed by atoms with Gasteiger partial charge in [0.15, 0.2) is 0 Å². The van der Waals surface area contributed by atoms with Gasteiger partial charge < -0.3 is 45.7 Å². The Morgan fingerprint density at radius 1 is 0.681 bits per heavy atom. The van der Waals surface area contributed by atoms with Gasteiger partial charge in [-0.3, -0.25) is 5.04 Å². The minimum absolute atomic E-state index is 0.0141. The van der Waals surface area contributed by atoms with Gasteiger partial charge in [-0.05, 0) is 65.4 Å². The van der Waals surface area contributed by atoms with Crippen molar-refractivity contribution in [2.45, 2.75) is 9.79 Å². The van der Waals surface area contributed by atoms with Crippen LogP contribution in [0.3, 0.4) is 0 Å². The van der Waals surface area contributed by atoms with Crippen molar-refractivity contribution in [3.05, 3.63) is 87.7 Å². The quantitative estimate of drug-likeness (QED) is 0.0475. The molecule has 0 saturated heterocycles. The summed E-state index contributed by atoms with van der Waals surface area (Å²) >= 11 is 0.538. The van der Waals surface area contributed by atoms with E-state index < -0.39 is 15.0 Å². The Balaban J connectivity index is 1.29. The fourth-order valence-electron chi connectivity index (χ4n) is 4.81. The van der Waals surface area contributed by atoms with Crippen molar-refractivity contribution in [3.8, 4) is 0 Å². The lowest BCUT2D eigenvalue weighted by Crippen LogP contribution is -2.08. The number of nitrogens with one attached hydrogen (secondary N) is 7. The molecule has 0 amide bonds. The van der Waals surface area contributed by atoms with Crippen molar-refractivity contribution in [2.75, 3.05) is 16.0 Å². The fourth-order valence-corrected chi connectivity index (χ4v) is 5.90. The summed E-state index contributed by atoms with van der Waals surface area (Å²) in [5, 5.41) is 24.3. The normalized spacial score (nSPS) is 11.8. The number of H-pyrrole nitrogens is 4. The number of benzene rings is 4. The van der Waals surface area contributed by atoms with Crippen LogP contribution in [0.2, 0.25) is 0 Å². The zero-order valence-electron chi connectivity index (χ0n) is 23.3. The highest BCUT2D eigenvalue weighted by Gasteiger charge is 2.16. The lowest BCUT2D eigenvalue weighted by molar-refractivity contribution is -0.777. The Hall–Kier alpha value is -5.77. The second-order valence-electron chi connectivity index (χ2n) is 9.86. The molecule has 7 aromatic rings. The molecule has 0 atom stereocenters. The van der Waals surface area contributed by atoms with Crippen LogP contribution in [0.1, 0.15) is 0 Å². The monoisotopic (exact) mass is 674 g/mol. The average Bonchev–Trinajstić information content (AvgIpc) is 3.59. The van der Waals surface area contributed by atoms with Gasteiger partial charge in [0, 0.05) is 11.4 Å². The zero-order valence-corrected chi connectivity index (χ0v) is 24.9. The van der Waals surface area contributed by atoms with Crippen LogP contribution in [0.5, 0.6) is 0 Å². The van der Waals surface area contributed by atoms with Crippen molar-refractivity contribution >= 4 is 89.9 Å². The Bertz CT molecular complexity index is 2440. The van der Waals surface area contributed by atoms with Crippen molar-refractivity contribution in [1.29, 1.82) is 0 Å². The SMILES string of the molecule is O=c1[nH]c2ccc(Nc3nc(Nc4ccc5[nH]c(=O)[nH]c5c4)nc(Nc4ccc5cc(S(=O)(=O)[O-])ccc5c4SOO[O-])n3)cc2[nH]1. The van der Waals surface area contributed by atoms with Crippen LogP contribution in [0, 0.1) is 0 Å². The van der Waals surface area contributed by atoms with Gasteiger partial charge in [-0.25, -0.2) is 18.0 Å². The molecule has 0 spiro atoms. The van der Waals surface area contributed by atoms with E-state index >= 15 is 0 Å². The molecule has 7 N–H and O–H groups in total.